The fourth-order valence-electron chi connectivity index (χ4n) is 5.21. The van der Waals surface area contributed by atoms with Gasteiger partial charge in [-0.3, -0.25) is 14.5 Å². The van der Waals surface area contributed by atoms with Crippen molar-refractivity contribution in [3.05, 3.63) is 57.0 Å². The zero-order valence-corrected chi connectivity index (χ0v) is 21.0. The summed E-state index contributed by atoms with van der Waals surface area (Å²) in [6.07, 6.45) is 2.47. The number of imide groups is 1. The number of nitrogens with zero attached hydrogens (tertiary/aromatic N) is 2. The third-order valence-corrected chi connectivity index (χ3v) is 8.40. The van der Waals surface area contributed by atoms with Crippen LogP contribution in [0, 0.1) is 24.7 Å². The molecule has 1 aliphatic heterocycles. The van der Waals surface area contributed by atoms with Crippen LogP contribution in [0.2, 0.25) is 5.02 Å². The van der Waals surface area contributed by atoms with Gasteiger partial charge in [-0.1, -0.05) is 30.7 Å². The van der Waals surface area contributed by atoms with E-state index < -0.39 is 5.97 Å². The molecule has 1 saturated heterocycles. The number of halogens is 2. The summed E-state index contributed by atoms with van der Waals surface area (Å²) in [5.74, 6) is -1.33. The molecule has 2 aromatic carbocycles. The highest BCUT2D eigenvalue weighted by Gasteiger charge is 2.49. The summed E-state index contributed by atoms with van der Waals surface area (Å²) < 4.78 is 0.607. The van der Waals surface area contributed by atoms with Gasteiger partial charge in [0.2, 0.25) is 11.8 Å². The third-order valence-electron chi connectivity index (χ3n) is 7.06. The summed E-state index contributed by atoms with van der Waals surface area (Å²) in [6.45, 7) is 3.92. The lowest BCUT2D eigenvalue weighted by Crippen LogP contribution is -2.30. The molecule has 1 N–H and O–H groups in total. The number of fused-ring (bicyclic) bond motifs is 2. The van der Waals surface area contributed by atoms with Crippen LogP contribution in [0.15, 0.2) is 40.9 Å². The van der Waals surface area contributed by atoms with Crippen molar-refractivity contribution >= 4 is 61.9 Å². The van der Waals surface area contributed by atoms with E-state index >= 15 is 0 Å². The van der Waals surface area contributed by atoms with Crippen molar-refractivity contribution in [1.82, 2.24) is 4.98 Å². The number of rotatable bonds is 3. The minimum absolute atomic E-state index is 0.118. The second-order valence-corrected chi connectivity index (χ2v) is 10.5. The summed E-state index contributed by atoms with van der Waals surface area (Å²) in [4.78, 5) is 44.0. The summed E-state index contributed by atoms with van der Waals surface area (Å²) in [7, 11) is 0. The monoisotopic (exact) mass is 540 g/mol. The molecule has 3 atom stereocenters. The average molecular weight is 542 g/mol. The Kier molecular flexibility index (Phi) is 5.73. The molecular formula is C26H22BrClN2O4. The molecule has 1 saturated carbocycles. The molecule has 0 spiro atoms. The average Bonchev–Trinajstić information content (AvgIpc) is 3.06. The molecule has 8 heteroatoms. The first-order chi connectivity index (χ1) is 16.2. The number of amides is 2. The first kappa shape index (κ1) is 23.0. The smallest absolute Gasteiger partial charge is 0.336 e. The van der Waals surface area contributed by atoms with E-state index in [-0.39, 0.29) is 29.2 Å². The highest BCUT2D eigenvalue weighted by Crippen LogP contribution is 2.42. The molecule has 2 aliphatic rings. The van der Waals surface area contributed by atoms with Crippen molar-refractivity contribution < 1.29 is 19.5 Å². The van der Waals surface area contributed by atoms with E-state index in [1.807, 2.05) is 0 Å². The number of carbonyl (C=O) groups excluding carboxylic acids is 2. The molecule has 2 amide bonds. The van der Waals surface area contributed by atoms with Gasteiger partial charge < -0.3 is 5.11 Å². The van der Waals surface area contributed by atoms with Gasteiger partial charge in [-0.05, 0) is 77.9 Å². The van der Waals surface area contributed by atoms with Crippen molar-refractivity contribution in [3.8, 4) is 11.3 Å². The summed E-state index contributed by atoms with van der Waals surface area (Å²) in [5.41, 5.74) is 2.99. The first-order valence-corrected chi connectivity index (χ1v) is 12.4. The minimum Gasteiger partial charge on any atom is -0.478 e. The van der Waals surface area contributed by atoms with Crippen molar-refractivity contribution in [2.24, 2.45) is 17.8 Å². The van der Waals surface area contributed by atoms with Gasteiger partial charge in [0.1, 0.15) is 0 Å². The van der Waals surface area contributed by atoms with Gasteiger partial charge in [0, 0.05) is 15.4 Å². The Balaban J connectivity index is 1.54. The van der Waals surface area contributed by atoms with E-state index in [1.54, 1.807) is 37.3 Å². The maximum atomic E-state index is 13.0. The number of anilines is 1. The topological polar surface area (TPSA) is 87.6 Å². The molecular weight excluding hydrogens is 520 g/mol. The molecule has 5 rings (SSSR count). The Morgan fingerprint density at radius 1 is 1.12 bits per heavy atom. The van der Waals surface area contributed by atoms with Crippen LogP contribution in [0.1, 0.15) is 42.1 Å². The molecule has 0 radical (unpaired) electrons. The summed E-state index contributed by atoms with van der Waals surface area (Å²) in [6, 6.07) is 10.2. The van der Waals surface area contributed by atoms with Crippen molar-refractivity contribution in [2.45, 2.75) is 33.1 Å². The largest absolute Gasteiger partial charge is 0.478 e. The molecule has 2 fully saturated rings. The van der Waals surface area contributed by atoms with Gasteiger partial charge in [0.15, 0.2) is 0 Å². The zero-order chi connectivity index (χ0) is 24.3. The van der Waals surface area contributed by atoms with E-state index in [0.717, 1.165) is 19.3 Å². The van der Waals surface area contributed by atoms with E-state index in [1.165, 1.54) is 11.0 Å². The number of benzene rings is 2. The molecule has 34 heavy (non-hydrogen) atoms. The lowest BCUT2D eigenvalue weighted by atomic mass is 9.76. The van der Waals surface area contributed by atoms with Crippen LogP contribution in [0.3, 0.4) is 0 Å². The molecule has 2 heterocycles. The van der Waals surface area contributed by atoms with Crippen LogP contribution in [0.4, 0.5) is 5.69 Å². The van der Waals surface area contributed by atoms with E-state index in [4.69, 9.17) is 16.6 Å². The molecule has 3 aromatic rings. The van der Waals surface area contributed by atoms with Crippen molar-refractivity contribution in [2.75, 3.05) is 4.90 Å². The van der Waals surface area contributed by atoms with Gasteiger partial charge >= 0.3 is 5.97 Å². The molecule has 1 aliphatic carbocycles. The van der Waals surface area contributed by atoms with Gasteiger partial charge in [0.05, 0.1) is 39.3 Å². The maximum Gasteiger partial charge on any atom is 0.336 e. The fraction of sp³-hybridized carbons (Fsp3) is 0.308. The van der Waals surface area contributed by atoms with Crippen molar-refractivity contribution in [1.29, 1.82) is 0 Å². The summed E-state index contributed by atoms with van der Waals surface area (Å²) in [5, 5.41) is 10.8. The molecule has 0 bridgehead atoms. The number of hydrogen-bond acceptors (Lipinski definition) is 4. The minimum atomic E-state index is -1.07. The number of carboxylic acids is 1. The number of hydrogen-bond donors (Lipinski definition) is 1. The van der Waals surface area contributed by atoms with Crippen molar-refractivity contribution in [3.63, 3.8) is 0 Å². The van der Waals surface area contributed by atoms with Gasteiger partial charge in [-0.15, -0.1) is 0 Å². The predicted octanol–water partition coefficient (Wildman–Crippen LogP) is 6.25. The van der Waals surface area contributed by atoms with Crippen LogP contribution in [-0.4, -0.2) is 27.9 Å². The Morgan fingerprint density at radius 3 is 2.47 bits per heavy atom. The lowest BCUT2D eigenvalue weighted by molar-refractivity contribution is -0.122. The lowest BCUT2D eigenvalue weighted by Gasteiger charge is -2.25. The van der Waals surface area contributed by atoms with Crippen LogP contribution in [0.25, 0.3) is 22.2 Å². The Hall–Kier alpha value is -2.77. The number of aromatic carboxylic acids is 1. The number of carboxylic acid groups (broad SMARTS) is 1. The molecule has 3 unspecified atom stereocenters. The first-order valence-electron chi connectivity index (χ1n) is 11.2. The number of pyridine rings is 1. The second kappa shape index (κ2) is 8.47. The van der Waals surface area contributed by atoms with Gasteiger partial charge in [-0.25, -0.2) is 9.78 Å². The van der Waals surface area contributed by atoms with Gasteiger partial charge in [-0.2, -0.15) is 0 Å². The van der Waals surface area contributed by atoms with E-state index in [0.29, 0.717) is 48.8 Å². The fourth-order valence-corrected chi connectivity index (χ4v) is 5.88. The standard InChI is InChI=1S/C26H22BrClN2O4/c1-12-3-8-16-18(9-12)25(32)30(24(16)31)15-6-4-14(5-7-15)21-11-19(26(33)34)17-10-20(27)22(28)13(2)23(17)29-21/h4-7,10-12,16,18H,3,8-9H2,1-2H3,(H,33,34). The SMILES string of the molecule is Cc1c(Cl)c(Br)cc2c(C(=O)O)cc(-c3ccc(N4C(=O)C5CCC(C)CC5C4=O)cc3)nc12. The van der Waals surface area contributed by atoms with Crippen LogP contribution in [-0.2, 0) is 9.59 Å². The number of carbonyl (C=O) groups is 3. The van der Waals surface area contributed by atoms with E-state index in [2.05, 4.69) is 22.9 Å². The Bertz CT molecular complexity index is 1370. The van der Waals surface area contributed by atoms with Crippen LogP contribution >= 0.6 is 27.5 Å². The summed E-state index contributed by atoms with van der Waals surface area (Å²) >= 11 is 9.74. The highest BCUT2D eigenvalue weighted by atomic mass is 79.9. The molecule has 6 nitrogen and oxygen atoms in total. The zero-order valence-electron chi connectivity index (χ0n) is 18.6. The molecule has 174 valence electrons. The van der Waals surface area contributed by atoms with Crippen LogP contribution < -0.4 is 4.90 Å². The molecule has 1 aromatic heterocycles. The normalized spacial score (nSPS) is 22.4. The Labute approximate surface area is 210 Å². The third kappa shape index (κ3) is 3.62. The second-order valence-electron chi connectivity index (χ2n) is 9.24. The quantitative estimate of drug-likeness (QED) is 0.396. The highest BCUT2D eigenvalue weighted by molar-refractivity contribution is 9.10. The van der Waals surface area contributed by atoms with Crippen LogP contribution in [0.5, 0.6) is 0 Å². The number of aromatic nitrogens is 1. The number of aryl methyl sites for hydroxylation is 1. The Morgan fingerprint density at radius 2 is 1.79 bits per heavy atom. The van der Waals surface area contributed by atoms with Gasteiger partial charge in [0.25, 0.3) is 0 Å². The predicted molar refractivity (Wildman–Crippen MR) is 134 cm³/mol. The maximum absolute atomic E-state index is 13.0. The van der Waals surface area contributed by atoms with E-state index in [9.17, 15) is 19.5 Å².